The highest BCUT2D eigenvalue weighted by Crippen LogP contribution is 2.21. The number of para-hydroxylation sites is 1. The Morgan fingerprint density at radius 3 is 2.53 bits per heavy atom. The second-order valence-corrected chi connectivity index (χ2v) is 4.76. The fraction of sp³-hybridized carbons (Fsp3) is 0.176. The van der Waals surface area contributed by atoms with Gasteiger partial charge in [-0.1, -0.05) is 48.5 Å². The zero-order chi connectivity index (χ0) is 13.1. The molecule has 96 valence electrons. The molecule has 1 heterocycles. The Labute approximate surface area is 112 Å². The van der Waals surface area contributed by atoms with Gasteiger partial charge < -0.3 is 9.67 Å². The van der Waals surface area contributed by atoms with E-state index in [0.717, 1.165) is 6.54 Å². The van der Waals surface area contributed by atoms with Crippen molar-refractivity contribution in [3.63, 3.8) is 0 Å². The van der Waals surface area contributed by atoms with Gasteiger partial charge in [-0.05, 0) is 29.0 Å². The third-order valence-corrected chi connectivity index (χ3v) is 3.45. The highest BCUT2D eigenvalue weighted by Gasteiger charge is 2.06. The summed E-state index contributed by atoms with van der Waals surface area (Å²) in [6, 6.07) is 18.9. The van der Waals surface area contributed by atoms with Gasteiger partial charge >= 0.3 is 0 Å². The van der Waals surface area contributed by atoms with Gasteiger partial charge in [0, 0.05) is 19.3 Å². The van der Waals surface area contributed by atoms with Crippen LogP contribution in [-0.2, 0) is 13.0 Å². The lowest BCUT2D eigenvalue weighted by Crippen LogP contribution is -2.01. The second kappa shape index (κ2) is 5.29. The van der Waals surface area contributed by atoms with E-state index in [0.29, 0.717) is 6.42 Å². The van der Waals surface area contributed by atoms with Crippen LogP contribution in [0.5, 0.6) is 0 Å². The quantitative estimate of drug-likeness (QED) is 0.756. The molecule has 0 unspecified atom stereocenters. The summed E-state index contributed by atoms with van der Waals surface area (Å²) in [7, 11) is 0. The van der Waals surface area contributed by atoms with Crippen LogP contribution in [0.2, 0.25) is 0 Å². The maximum absolute atomic E-state index is 9.19. The van der Waals surface area contributed by atoms with Crippen molar-refractivity contribution in [2.24, 2.45) is 0 Å². The van der Waals surface area contributed by atoms with Gasteiger partial charge in [0.1, 0.15) is 0 Å². The number of fused-ring (bicyclic) bond motifs is 1. The van der Waals surface area contributed by atoms with E-state index in [9.17, 15) is 5.11 Å². The molecule has 2 heteroatoms. The molecule has 0 fully saturated rings. The van der Waals surface area contributed by atoms with Gasteiger partial charge in [0.2, 0.25) is 0 Å². The number of hydrogen-bond donors (Lipinski definition) is 1. The monoisotopic (exact) mass is 251 g/mol. The molecule has 19 heavy (non-hydrogen) atoms. The first-order valence-corrected chi connectivity index (χ1v) is 6.60. The van der Waals surface area contributed by atoms with Crippen LogP contribution in [0.1, 0.15) is 11.1 Å². The lowest BCUT2D eigenvalue weighted by molar-refractivity contribution is 0.300. The van der Waals surface area contributed by atoms with Crippen LogP contribution < -0.4 is 0 Å². The Balaban J connectivity index is 2.04. The van der Waals surface area contributed by atoms with Gasteiger partial charge in [0.25, 0.3) is 0 Å². The molecule has 3 aromatic rings. The number of aliphatic hydroxyl groups excluding tert-OH is 1. The zero-order valence-corrected chi connectivity index (χ0v) is 10.8. The average molecular weight is 251 g/mol. The van der Waals surface area contributed by atoms with Crippen molar-refractivity contribution >= 4 is 10.9 Å². The Kier molecular flexibility index (Phi) is 3.34. The summed E-state index contributed by atoms with van der Waals surface area (Å²) in [6.07, 6.45) is 2.83. The molecule has 0 aliphatic carbocycles. The minimum atomic E-state index is 0.190. The van der Waals surface area contributed by atoms with Crippen molar-refractivity contribution in [1.82, 2.24) is 4.57 Å². The van der Waals surface area contributed by atoms with Gasteiger partial charge in [-0.2, -0.15) is 0 Å². The molecule has 3 rings (SSSR count). The smallest absolute Gasteiger partial charge is 0.0516 e. The average Bonchev–Trinajstić information content (AvgIpc) is 2.85. The Bertz CT molecular complexity index is 670. The first-order chi connectivity index (χ1) is 9.38. The molecule has 0 atom stereocenters. The van der Waals surface area contributed by atoms with E-state index in [1.54, 1.807) is 0 Å². The zero-order valence-electron chi connectivity index (χ0n) is 10.8. The molecule has 0 aliphatic rings. The van der Waals surface area contributed by atoms with Crippen LogP contribution in [0, 0.1) is 0 Å². The van der Waals surface area contributed by atoms with E-state index in [1.165, 1.54) is 22.0 Å². The minimum absolute atomic E-state index is 0.190. The Morgan fingerprint density at radius 2 is 1.74 bits per heavy atom. The van der Waals surface area contributed by atoms with Crippen molar-refractivity contribution in [2.45, 2.75) is 13.0 Å². The molecule has 0 spiro atoms. The third kappa shape index (κ3) is 2.40. The first-order valence-electron chi connectivity index (χ1n) is 6.60. The normalized spacial score (nSPS) is 11.0. The largest absolute Gasteiger partial charge is 0.396 e. The van der Waals surface area contributed by atoms with Crippen LogP contribution >= 0.6 is 0 Å². The van der Waals surface area contributed by atoms with Crippen LogP contribution in [0.4, 0.5) is 0 Å². The van der Waals surface area contributed by atoms with E-state index in [4.69, 9.17) is 0 Å². The molecule has 0 bridgehead atoms. The number of aliphatic hydroxyl groups is 1. The topological polar surface area (TPSA) is 25.2 Å². The molecular weight excluding hydrogens is 234 g/mol. The maximum Gasteiger partial charge on any atom is 0.0516 e. The third-order valence-electron chi connectivity index (χ3n) is 3.45. The standard InChI is InChI=1S/C17H17NO/c19-12-10-16-8-4-7-15-9-11-18(17(15)16)13-14-5-2-1-3-6-14/h1-9,11,19H,10,12-13H2. The van der Waals surface area contributed by atoms with E-state index in [2.05, 4.69) is 59.3 Å². The van der Waals surface area contributed by atoms with E-state index >= 15 is 0 Å². The summed E-state index contributed by atoms with van der Waals surface area (Å²) in [5.41, 5.74) is 3.74. The molecular formula is C17H17NO. The lowest BCUT2D eigenvalue weighted by atomic mass is 10.1. The molecule has 0 saturated carbocycles. The summed E-state index contributed by atoms with van der Waals surface area (Å²) in [5, 5.41) is 10.4. The molecule has 1 N–H and O–H groups in total. The number of benzene rings is 2. The Hall–Kier alpha value is -2.06. The van der Waals surface area contributed by atoms with Gasteiger partial charge in [-0.3, -0.25) is 0 Å². The summed E-state index contributed by atoms with van der Waals surface area (Å²) >= 11 is 0. The van der Waals surface area contributed by atoms with Gasteiger partial charge in [0.15, 0.2) is 0 Å². The molecule has 0 aliphatic heterocycles. The number of aromatic nitrogens is 1. The summed E-state index contributed by atoms with van der Waals surface area (Å²) in [6.45, 7) is 1.06. The van der Waals surface area contributed by atoms with Crippen LogP contribution in [-0.4, -0.2) is 16.3 Å². The van der Waals surface area contributed by atoms with Crippen molar-refractivity contribution in [3.8, 4) is 0 Å². The van der Waals surface area contributed by atoms with Gasteiger partial charge in [0.05, 0.1) is 5.52 Å². The second-order valence-electron chi connectivity index (χ2n) is 4.76. The summed E-state index contributed by atoms with van der Waals surface area (Å²) < 4.78 is 2.26. The van der Waals surface area contributed by atoms with Crippen LogP contribution in [0.3, 0.4) is 0 Å². The first kappa shape index (κ1) is 12.0. The molecule has 0 saturated heterocycles. The van der Waals surface area contributed by atoms with Crippen LogP contribution in [0.15, 0.2) is 60.8 Å². The van der Waals surface area contributed by atoms with E-state index < -0.39 is 0 Å². The van der Waals surface area contributed by atoms with Crippen molar-refractivity contribution in [3.05, 3.63) is 71.9 Å². The Morgan fingerprint density at radius 1 is 0.895 bits per heavy atom. The fourth-order valence-electron chi connectivity index (χ4n) is 2.57. The molecule has 0 amide bonds. The van der Waals surface area contributed by atoms with E-state index in [-0.39, 0.29) is 6.61 Å². The minimum Gasteiger partial charge on any atom is -0.396 e. The number of rotatable bonds is 4. The predicted molar refractivity (Wildman–Crippen MR) is 78.3 cm³/mol. The summed E-state index contributed by atoms with van der Waals surface area (Å²) in [4.78, 5) is 0. The van der Waals surface area contributed by atoms with Gasteiger partial charge in [-0.25, -0.2) is 0 Å². The van der Waals surface area contributed by atoms with Gasteiger partial charge in [-0.15, -0.1) is 0 Å². The lowest BCUT2D eigenvalue weighted by Gasteiger charge is -2.09. The predicted octanol–water partition coefficient (Wildman–Crippen LogP) is 3.22. The SMILES string of the molecule is OCCc1cccc2ccn(Cc3ccccc3)c12. The number of nitrogens with zero attached hydrogens (tertiary/aromatic N) is 1. The van der Waals surface area contributed by atoms with E-state index in [1.807, 2.05) is 6.07 Å². The van der Waals surface area contributed by atoms with Crippen molar-refractivity contribution in [2.75, 3.05) is 6.61 Å². The highest BCUT2D eigenvalue weighted by atomic mass is 16.2. The molecule has 2 nitrogen and oxygen atoms in total. The maximum atomic E-state index is 9.19. The molecule has 1 aromatic heterocycles. The highest BCUT2D eigenvalue weighted by molar-refractivity contribution is 5.83. The fourth-order valence-corrected chi connectivity index (χ4v) is 2.57. The number of hydrogen-bond acceptors (Lipinski definition) is 1. The van der Waals surface area contributed by atoms with Crippen molar-refractivity contribution in [1.29, 1.82) is 0 Å². The van der Waals surface area contributed by atoms with Crippen molar-refractivity contribution < 1.29 is 5.11 Å². The summed E-state index contributed by atoms with van der Waals surface area (Å²) in [5.74, 6) is 0. The van der Waals surface area contributed by atoms with Crippen LogP contribution in [0.25, 0.3) is 10.9 Å². The molecule has 0 radical (unpaired) electrons. The molecule has 2 aromatic carbocycles.